The minimum atomic E-state index is -0.290. The summed E-state index contributed by atoms with van der Waals surface area (Å²) in [5.74, 6) is 0.142. The summed E-state index contributed by atoms with van der Waals surface area (Å²) in [5, 5.41) is 6.24. The first-order valence-electron chi connectivity index (χ1n) is 8.97. The SMILES string of the molecule is COCCCNC(=O)c1ccc(NC(=O)COc2cc(C)c(Cl)c(C)c2)cc1. The van der Waals surface area contributed by atoms with E-state index in [1.54, 1.807) is 43.5 Å². The van der Waals surface area contributed by atoms with E-state index in [2.05, 4.69) is 10.6 Å². The highest BCUT2D eigenvalue weighted by atomic mass is 35.5. The Balaban J connectivity index is 1.83. The molecular weight excluding hydrogens is 380 g/mol. The van der Waals surface area contributed by atoms with Crippen molar-refractivity contribution < 1.29 is 19.1 Å². The number of ether oxygens (including phenoxy) is 2. The summed E-state index contributed by atoms with van der Waals surface area (Å²) in [4.78, 5) is 24.1. The molecule has 0 aliphatic heterocycles. The number of carbonyl (C=O) groups excluding carboxylic acids is 2. The molecule has 0 heterocycles. The Bertz CT molecular complexity index is 799. The van der Waals surface area contributed by atoms with E-state index in [9.17, 15) is 9.59 Å². The van der Waals surface area contributed by atoms with Crippen LogP contribution in [0.3, 0.4) is 0 Å². The van der Waals surface area contributed by atoms with Gasteiger partial charge in [-0.1, -0.05) is 11.6 Å². The van der Waals surface area contributed by atoms with E-state index in [1.165, 1.54) is 0 Å². The molecule has 28 heavy (non-hydrogen) atoms. The maximum Gasteiger partial charge on any atom is 0.262 e. The van der Waals surface area contributed by atoms with Crippen LogP contribution in [0.25, 0.3) is 0 Å². The number of aryl methyl sites for hydroxylation is 2. The summed E-state index contributed by atoms with van der Waals surface area (Å²) >= 11 is 6.13. The summed E-state index contributed by atoms with van der Waals surface area (Å²) in [7, 11) is 1.62. The van der Waals surface area contributed by atoms with Gasteiger partial charge in [0.05, 0.1) is 0 Å². The molecule has 0 radical (unpaired) electrons. The molecule has 2 aromatic rings. The second kappa shape index (κ2) is 10.7. The van der Waals surface area contributed by atoms with Gasteiger partial charge in [0.2, 0.25) is 0 Å². The second-order valence-corrected chi connectivity index (χ2v) is 6.77. The first-order valence-corrected chi connectivity index (χ1v) is 9.35. The molecule has 6 nitrogen and oxygen atoms in total. The largest absolute Gasteiger partial charge is 0.484 e. The third kappa shape index (κ3) is 6.55. The van der Waals surface area contributed by atoms with Crippen molar-refractivity contribution in [1.29, 1.82) is 0 Å². The van der Waals surface area contributed by atoms with Gasteiger partial charge < -0.3 is 20.1 Å². The quantitative estimate of drug-likeness (QED) is 0.624. The lowest BCUT2D eigenvalue weighted by atomic mass is 10.1. The highest BCUT2D eigenvalue weighted by Crippen LogP contribution is 2.25. The first-order chi connectivity index (χ1) is 13.4. The van der Waals surface area contributed by atoms with Gasteiger partial charge in [0.1, 0.15) is 5.75 Å². The van der Waals surface area contributed by atoms with E-state index in [4.69, 9.17) is 21.1 Å². The van der Waals surface area contributed by atoms with Crippen molar-refractivity contribution in [2.45, 2.75) is 20.3 Å². The van der Waals surface area contributed by atoms with E-state index >= 15 is 0 Å². The van der Waals surface area contributed by atoms with Crippen molar-refractivity contribution in [2.24, 2.45) is 0 Å². The van der Waals surface area contributed by atoms with E-state index in [1.807, 2.05) is 13.8 Å². The summed E-state index contributed by atoms with van der Waals surface area (Å²) < 4.78 is 10.5. The zero-order chi connectivity index (χ0) is 20.5. The van der Waals surface area contributed by atoms with Crippen molar-refractivity contribution in [2.75, 3.05) is 32.2 Å². The number of benzene rings is 2. The third-order valence-corrected chi connectivity index (χ3v) is 4.62. The molecule has 2 N–H and O–H groups in total. The Morgan fingerprint density at radius 3 is 2.32 bits per heavy atom. The molecule has 2 amide bonds. The lowest BCUT2D eigenvalue weighted by Gasteiger charge is -2.11. The number of hydrogen-bond acceptors (Lipinski definition) is 4. The normalized spacial score (nSPS) is 10.4. The predicted molar refractivity (Wildman–Crippen MR) is 110 cm³/mol. The third-order valence-electron chi connectivity index (χ3n) is 4.02. The summed E-state index contributed by atoms with van der Waals surface area (Å²) in [6, 6.07) is 10.3. The predicted octanol–water partition coefficient (Wildman–Crippen LogP) is 3.74. The van der Waals surface area contributed by atoms with Crippen LogP contribution in [0.1, 0.15) is 27.9 Å². The Morgan fingerprint density at radius 1 is 1.07 bits per heavy atom. The minimum absolute atomic E-state index is 0.123. The summed E-state index contributed by atoms with van der Waals surface area (Å²) in [6.45, 7) is 4.80. The number of hydrogen-bond donors (Lipinski definition) is 2. The number of nitrogens with one attached hydrogen (secondary N) is 2. The molecule has 0 bridgehead atoms. The van der Waals surface area contributed by atoms with Crippen molar-refractivity contribution >= 4 is 29.1 Å². The van der Waals surface area contributed by atoms with Crippen LogP contribution in [0.2, 0.25) is 5.02 Å². The highest BCUT2D eigenvalue weighted by molar-refractivity contribution is 6.32. The van der Waals surface area contributed by atoms with Gasteiger partial charge in [-0.05, 0) is 67.8 Å². The fourth-order valence-corrected chi connectivity index (χ4v) is 2.67. The van der Waals surface area contributed by atoms with Gasteiger partial charge in [-0.15, -0.1) is 0 Å². The van der Waals surface area contributed by atoms with Crippen molar-refractivity contribution in [1.82, 2.24) is 5.32 Å². The smallest absolute Gasteiger partial charge is 0.262 e. The molecule has 0 atom stereocenters. The Kier molecular flexibility index (Phi) is 8.29. The number of rotatable bonds is 9. The Morgan fingerprint density at radius 2 is 1.71 bits per heavy atom. The summed E-state index contributed by atoms with van der Waals surface area (Å²) in [5.41, 5.74) is 2.91. The van der Waals surface area contributed by atoms with E-state index in [-0.39, 0.29) is 18.4 Å². The summed E-state index contributed by atoms with van der Waals surface area (Å²) in [6.07, 6.45) is 0.753. The fraction of sp³-hybridized carbons (Fsp3) is 0.333. The standard InChI is InChI=1S/C21H25ClN2O4/c1-14-11-18(12-15(2)20(14)22)28-13-19(25)24-17-7-5-16(6-8-17)21(26)23-9-4-10-27-3/h5-8,11-12H,4,9-10,13H2,1-3H3,(H,23,26)(H,24,25). The molecule has 0 saturated carbocycles. The fourth-order valence-electron chi connectivity index (χ4n) is 2.56. The maximum atomic E-state index is 12.1. The van der Waals surface area contributed by atoms with Crippen molar-refractivity contribution in [3.05, 3.63) is 58.1 Å². The topological polar surface area (TPSA) is 76.7 Å². The Hall–Kier alpha value is -2.57. The van der Waals surface area contributed by atoms with E-state index in [0.29, 0.717) is 35.2 Å². The molecule has 0 aliphatic carbocycles. The molecule has 2 aromatic carbocycles. The van der Waals surface area contributed by atoms with Crippen LogP contribution in [0.15, 0.2) is 36.4 Å². The minimum Gasteiger partial charge on any atom is -0.484 e. The van der Waals surface area contributed by atoms with E-state index < -0.39 is 0 Å². The molecule has 0 saturated heterocycles. The molecule has 0 spiro atoms. The second-order valence-electron chi connectivity index (χ2n) is 6.39. The number of carbonyl (C=O) groups is 2. The lowest BCUT2D eigenvalue weighted by molar-refractivity contribution is -0.118. The molecule has 0 unspecified atom stereocenters. The number of halogens is 1. The van der Waals surface area contributed by atoms with Crippen LogP contribution in [-0.2, 0) is 9.53 Å². The van der Waals surface area contributed by atoms with Crippen LogP contribution in [0.4, 0.5) is 5.69 Å². The van der Waals surface area contributed by atoms with Gasteiger partial charge in [0, 0.05) is 36.5 Å². The molecule has 0 aromatic heterocycles. The van der Waals surface area contributed by atoms with Crippen LogP contribution < -0.4 is 15.4 Å². The average Bonchev–Trinajstić information content (AvgIpc) is 2.68. The molecule has 2 rings (SSSR count). The van der Waals surface area contributed by atoms with Crippen LogP contribution in [0, 0.1) is 13.8 Å². The van der Waals surface area contributed by atoms with Crippen molar-refractivity contribution in [3.63, 3.8) is 0 Å². The van der Waals surface area contributed by atoms with Crippen LogP contribution in [-0.4, -0.2) is 38.7 Å². The maximum absolute atomic E-state index is 12.1. The van der Waals surface area contributed by atoms with Gasteiger partial charge in [0.15, 0.2) is 6.61 Å². The van der Waals surface area contributed by atoms with Crippen molar-refractivity contribution in [3.8, 4) is 5.75 Å². The van der Waals surface area contributed by atoms with Crippen LogP contribution in [0.5, 0.6) is 5.75 Å². The zero-order valence-electron chi connectivity index (χ0n) is 16.3. The molecule has 150 valence electrons. The van der Waals surface area contributed by atoms with E-state index in [0.717, 1.165) is 17.5 Å². The van der Waals surface area contributed by atoms with Gasteiger partial charge in [0.25, 0.3) is 11.8 Å². The number of methoxy groups -OCH3 is 1. The first kappa shape index (κ1) is 21.7. The zero-order valence-corrected chi connectivity index (χ0v) is 17.1. The number of anilines is 1. The van der Waals surface area contributed by atoms with Gasteiger partial charge in [-0.3, -0.25) is 9.59 Å². The molecule has 0 fully saturated rings. The number of amides is 2. The van der Waals surface area contributed by atoms with Gasteiger partial charge in [-0.25, -0.2) is 0 Å². The molecule has 0 aliphatic rings. The molecular formula is C21H25ClN2O4. The highest BCUT2D eigenvalue weighted by Gasteiger charge is 2.08. The average molecular weight is 405 g/mol. The molecule has 7 heteroatoms. The monoisotopic (exact) mass is 404 g/mol. The van der Waals surface area contributed by atoms with Crippen LogP contribution >= 0.6 is 11.6 Å². The Labute approximate surface area is 170 Å². The van der Waals surface area contributed by atoms with Gasteiger partial charge in [-0.2, -0.15) is 0 Å². The lowest BCUT2D eigenvalue weighted by Crippen LogP contribution is -2.25. The van der Waals surface area contributed by atoms with Gasteiger partial charge >= 0.3 is 0 Å².